The Balaban J connectivity index is 1.89. The highest BCUT2D eigenvalue weighted by atomic mass is 16.2. The number of likely N-dealkylation sites (tertiary alicyclic amines) is 1. The Morgan fingerprint density at radius 3 is 2.40 bits per heavy atom. The molecule has 0 spiro atoms. The molecule has 2 saturated heterocycles. The van der Waals surface area contributed by atoms with Crippen LogP contribution in [-0.2, 0) is 4.79 Å². The molecule has 1 amide bonds. The van der Waals surface area contributed by atoms with Gasteiger partial charge in [-0.25, -0.2) is 0 Å². The molecule has 3 heteroatoms. The molecule has 0 aliphatic carbocycles. The lowest BCUT2D eigenvalue weighted by molar-refractivity contribution is -0.136. The van der Waals surface area contributed by atoms with Crippen LogP contribution in [0.15, 0.2) is 0 Å². The fourth-order valence-electron chi connectivity index (χ4n) is 2.39. The van der Waals surface area contributed by atoms with E-state index in [0.717, 1.165) is 26.2 Å². The second-order valence-corrected chi connectivity index (χ2v) is 5.99. The van der Waals surface area contributed by atoms with Gasteiger partial charge in [0.2, 0.25) is 5.91 Å². The average molecular weight is 210 g/mol. The minimum absolute atomic E-state index is 0.267. The molecule has 2 rings (SSSR count). The van der Waals surface area contributed by atoms with Crippen LogP contribution in [0.25, 0.3) is 0 Å². The van der Waals surface area contributed by atoms with E-state index in [4.69, 9.17) is 0 Å². The molecule has 0 bridgehead atoms. The zero-order chi connectivity index (χ0) is 11.1. The molecule has 2 aliphatic rings. The normalized spacial score (nSPS) is 27.9. The Morgan fingerprint density at radius 1 is 1.33 bits per heavy atom. The van der Waals surface area contributed by atoms with Crippen LogP contribution in [0.4, 0.5) is 0 Å². The zero-order valence-corrected chi connectivity index (χ0v) is 10.0. The van der Waals surface area contributed by atoms with Gasteiger partial charge in [0.15, 0.2) is 0 Å². The highest BCUT2D eigenvalue weighted by molar-refractivity contribution is 5.80. The minimum atomic E-state index is 0.267. The lowest BCUT2D eigenvalue weighted by Crippen LogP contribution is -2.51. The van der Waals surface area contributed by atoms with E-state index in [1.165, 1.54) is 6.42 Å². The Morgan fingerprint density at radius 2 is 2.00 bits per heavy atom. The van der Waals surface area contributed by atoms with E-state index in [0.29, 0.717) is 17.2 Å². The van der Waals surface area contributed by atoms with Crippen molar-refractivity contribution in [3.8, 4) is 0 Å². The van der Waals surface area contributed by atoms with Crippen molar-refractivity contribution in [3.05, 3.63) is 0 Å². The molecule has 3 nitrogen and oxygen atoms in total. The second kappa shape index (κ2) is 3.78. The standard InChI is InChI=1S/C12H22N2O/c1-12(2,3)10-4-5-14(8-10)11(15)9-6-13-7-9/h9-10,13H,4-8H2,1-3H3. The highest BCUT2D eigenvalue weighted by Gasteiger charge is 2.37. The molecule has 0 aromatic rings. The number of nitrogens with zero attached hydrogens (tertiary/aromatic N) is 1. The fraction of sp³-hybridized carbons (Fsp3) is 0.917. The van der Waals surface area contributed by atoms with E-state index in [9.17, 15) is 4.79 Å². The number of rotatable bonds is 1. The maximum atomic E-state index is 12.0. The molecule has 0 radical (unpaired) electrons. The number of hydrogen-bond acceptors (Lipinski definition) is 2. The highest BCUT2D eigenvalue weighted by Crippen LogP contribution is 2.34. The van der Waals surface area contributed by atoms with Crippen molar-refractivity contribution in [2.75, 3.05) is 26.2 Å². The maximum absolute atomic E-state index is 12.0. The second-order valence-electron chi connectivity index (χ2n) is 5.99. The molecule has 2 heterocycles. The quantitative estimate of drug-likeness (QED) is 0.703. The van der Waals surface area contributed by atoms with Crippen LogP contribution in [0, 0.1) is 17.3 Å². The smallest absolute Gasteiger partial charge is 0.228 e. The average Bonchev–Trinajstić information content (AvgIpc) is 2.46. The van der Waals surface area contributed by atoms with E-state index in [1.54, 1.807) is 0 Å². The van der Waals surface area contributed by atoms with Gasteiger partial charge in [-0.05, 0) is 17.8 Å². The van der Waals surface area contributed by atoms with Crippen molar-refractivity contribution in [1.29, 1.82) is 0 Å². The predicted molar refractivity (Wildman–Crippen MR) is 60.5 cm³/mol. The van der Waals surface area contributed by atoms with Crippen LogP contribution in [-0.4, -0.2) is 37.0 Å². The monoisotopic (exact) mass is 210 g/mol. The third kappa shape index (κ3) is 2.17. The number of nitrogens with one attached hydrogen (secondary N) is 1. The van der Waals surface area contributed by atoms with Crippen LogP contribution in [0.2, 0.25) is 0 Å². The molecule has 15 heavy (non-hydrogen) atoms. The van der Waals surface area contributed by atoms with E-state index in [2.05, 4.69) is 31.0 Å². The molecular formula is C12H22N2O. The largest absolute Gasteiger partial charge is 0.342 e. The SMILES string of the molecule is CC(C)(C)C1CCN(C(=O)C2CNC2)C1. The third-order valence-corrected chi connectivity index (χ3v) is 3.86. The van der Waals surface area contributed by atoms with Gasteiger partial charge >= 0.3 is 0 Å². The lowest BCUT2D eigenvalue weighted by Gasteiger charge is -2.31. The molecule has 0 saturated carbocycles. The summed E-state index contributed by atoms with van der Waals surface area (Å²) in [4.78, 5) is 14.1. The summed E-state index contributed by atoms with van der Waals surface area (Å²) in [6.45, 7) is 10.5. The summed E-state index contributed by atoms with van der Waals surface area (Å²) in [7, 11) is 0. The Labute approximate surface area is 92.2 Å². The van der Waals surface area contributed by atoms with Crippen molar-refractivity contribution < 1.29 is 4.79 Å². The Bertz CT molecular complexity index is 253. The van der Waals surface area contributed by atoms with Gasteiger partial charge < -0.3 is 10.2 Å². The molecule has 86 valence electrons. The van der Waals surface area contributed by atoms with Crippen molar-refractivity contribution in [1.82, 2.24) is 10.2 Å². The van der Waals surface area contributed by atoms with Gasteiger partial charge in [-0.2, -0.15) is 0 Å². The Hall–Kier alpha value is -0.570. The summed E-state index contributed by atoms with van der Waals surface area (Å²) in [6.07, 6.45) is 1.18. The van der Waals surface area contributed by atoms with Crippen LogP contribution in [0.1, 0.15) is 27.2 Å². The van der Waals surface area contributed by atoms with Crippen LogP contribution in [0.5, 0.6) is 0 Å². The minimum Gasteiger partial charge on any atom is -0.342 e. The first-order valence-corrected chi connectivity index (χ1v) is 5.98. The summed E-state index contributed by atoms with van der Waals surface area (Å²) in [6, 6.07) is 0. The van der Waals surface area contributed by atoms with Crippen molar-refractivity contribution in [3.63, 3.8) is 0 Å². The first-order valence-electron chi connectivity index (χ1n) is 5.98. The predicted octanol–water partition coefficient (Wildman–Crippen LogP) is 1.10. The number of hydrogen-bond donors (Lipinski definition) is 1. The number of carbonyl (C=O) groups is 1. The summed E-state index contributed by atoms with van der Waals surface area (Å²) in [5.74, 6) is 1.32. The molecule has 1 atom stereocenters. The van der Waals surface area contributed by atoms with Crippen molar-refractivity contribution in [2.24, 2.45) is 17.3 Å². The zero-order valence-electron chi connectivity index (χ0n) is 10.0. The molecule has 2 aliphatic heterocycles. The van der Waals surface area contributed by atoms with Gasteiger partial charge in [-0.15, -0.1) is 0 Å². The van der Waals surface area contributed by atoms with E-state index in [-0.39, 0.29) is 5.92 Å². The molecular weight excluding hydrogens is 188 g/mol. The Kier molecular flexibility index (Phi) is 2.75. The van der Waals surface area contributed by atoms with Crippen LogP contribution in [0.3, 0.4) is 0 Å². The van der Waals surface area contributed by atoms with E-state index >= 15 is 0 Å². The van der Waals surface area contributed by atoms with Crippen LogP contribution >= 0.6 is 0 Å². The fourth-order valence-corrected chi connectivity index (χ4v) is 2.39. The molecule has 0 aromatic carbocycles. The number of amides is 1. The van der Waals surface area contributed by atoms with Crippen LogP contribution < -0.4 is 5.32 Å². The lowest BCUT2D eigenvalue weighted by atomic mass is 9.80. The number of carbonyl (C=O) groups excluding carboxylic acids is 1. The van der Waals surface area contributed by atoms with Gasteiger partial charge in [-0.1, -0.05) is 20.8 Å². The summed E-state index contributed by atoms with van der Waals surface area (Å²) >= 11 is 0. The van der Waals surface area contributed by atoms with Gasteiger partial charge in [0.25, 0.3) is 0 Å². The third-order valence-electron chi connectivity index (χ3n) is 3.86. The van der Waals surface area contributed by atoms with E-state index < -0.39 is 0 Å². The topological polar surface area (TPSA) is 32.3 Å². The van der Waals surface area contributed by atoms with Gasteiger partial charge in [-0.3, -0.25) is 4.79 Å². The van der Waals surface area contributed by atoms with E-state index in [1.807, 2.05) is 0 Å². The van der Waals surface area contributed by atoms with Crippen molar-refractivity contribution >= 4 is 5.91 Å². The summed E-state index contributed by atoms with van der Waals surface area (Å²) < 4.78 is 0. The van der Waals surface area contributed by atoms with Crippen molar-refractivity contribution in [2.45, 2.75) is 27.2 Å². The maximum Gasteiger partial charge on any atom is 0.228 e. The summed E-state index contributed by atoms with van der Waals surface area (Å²) in [5.41, 5.74) is 0.340. The molecule has 2 fully saturated rings. The van der Waals surface area contributed by atoms with Gasteiger partial charge in [0.1, 0.15) is 0 Å². The summed E-state index contributed by atoms with van der Waals surface area (Å²) in [5, 5.41) is 3.16. The first-order chi connectivity index (χ1) is 6.98. The van der Waals surface area contributed by atoms with Gasteiger partial charge in [0, 0.05) is 26.2 Å². The first kappa shape index (κ1) is 10.9. The molecule has 0 aromatic heterocycles. The van der Waals surface area contributed by atoms with Gasteiger partial charge in [0.05, 0.1) is 5.92 Å². The molecule has 1 N–H and O–H groups in total. The molecule has 1 unspecified atom stereocenters.